The largest absolute Gasteiger partial charge is 0.445 e. The number of aromatic nitrogens is 2. The van der Waals surface area contributed by atoms with Crippen LogP contribution in [-0.4, -0.2) is 34.2 Å². The van der Waals surface area contributed by atoms with E-state index in [1.807, 2.05) is 47.8 Å². The summed E-state index contributed by atoms with van der Waals surface area (Å²) in [5.74, 6) is -0.459. The lowest BCUT2D eigenvalue weighted by molar-refractivity contribution is -0.123. The second-order valence-electron chi connectivity index (χ2n) is 5.79. The van der Waals surface area contributed by atoms with Gasteiger partial charge in [-0.25, -0.2) is 15.2 Å². The second kappa shape index (κ2) is 10.0. The Bertz CT molecular complexity index is 895. The first-order valence-corrected chi connectivity index (χ1v) is 9.39. The number of H-pyrrole nitrogens is 1. The van der Waals surface area contributed by atoms with Gasteiger partial charge in [-0.3, -0.25) is 4.79 Å². The highest BCUT2D eigenvalue weighted by Crippen LogP contribution is 2.05. The lowest BCUT2D eigenvalue weighted by Crippen LogP contribution is -2.47. The maximum Gasteiger partial charge on any atom is 0.408 e. The smallest absolute Gasteiger partial charge is 0.408 e. The zero-order valence-electron chi connectivity index (χ0n) is 14.9. The molecule has 144 valence electrons. The van der Waals surface area contributed by atoms with E-state index in [0.717, 1.165) is 10.4 Å². The highest BCUT2D eigenvalue weighted by Gasteiger charge is 2.22. The van der Waals surface area contributed by atoms with E-state index in [0.29, 0.717) is 5.69 Å². The molecule has 28 heavy (non-hydrogen) atoms. The van der Waals surface area contributed by atoms with E-state index in [1.165, 1.54) is 17.7 Å². The number of carbonyl (C=O) groups excluding carboxylic acids is 2. The molecule has 0 bridgehead atoms. The number of amides is 2. The van der Waals surface area contributed by atoms with Crippen LogP contribution in [0.25, 0.3) is 0 Å². The van der Waals surface area contributed by atoms with Crippen LogP contribution in [0.5, 0.6) is 0 Å². The van der Waals surface area contributed by atoms with Crippen molar-refractivity contribution >= 4 is 29.6 Å². The molecule has 0 saturated heterocycles. The third kappa shape index (κ3) is 6.06. The molecule has 1 aromatic carbocycles. The van der Waals surface area contributed by atoms with E-state index in [2.05, 4.69) is 25.8 Å². The molecule has 2 aromatic heterocycles. The lowest BCUT2D eigenvalue weighted by Gasteiger charge is -2.16. The zero-order valence-corrected chi connectivity index (χ0v) is 15.7. The highest BCUT2D eigenvalue weighted by molar-refractivity contribution is 7.11. The molecule has 0 aliphatic rings. The maximum absolute atomic E-state index is 12.5. The van der Waals surface area contributed by atoms with Gasteiger partial charge in [0.1, 0.15) is 12.6 Å². The van der Waals surface area contributed by atoms with Gasteiger partial charge in [-0.2, -0.15) is 5.10 Å². The summed E-state index contributed by atoms with van der Waals surface area (Å²) in [6.07, 6.45) is 4.18. The molecule has 2 heterocycles. The van der Waals surface area contributed by atoms with E-state index in [4.69, 9.17) is 4.74 Å². The van der Waals surface area contributed by atoms with Crippen LogP contribution in [0.2, 0.25) is 0 Å². The first kappa shape index (κ1) is 19.3. The molecular weight excluding hydrogens is 378 g/mol. The molecule has 8 nitrogen and oxygen atoms in total. The predicted octanol–water partition coefficient (Wildman–Crippen LogP) is 2.46. The van der Waals surface area contributed by atoms with Gasteiger partial charge in [-0.15, -0.1) is 11.3 Å². The molecule has 0 fully saturated rings. The van der Waals surface area contributed by atoms with Gasteiger partial charge in [0.25, 0.3) is 5.91 Å². The SMILES string of the molecule is O=C(N[C@@H](Cc1cnc[nH]1)C(=O)N/N=C\c1cccs1)OCc1ccccc1. The minimum Gasteiger partial charge on any atom is -0.445 e. The van der Waals surface area contributed by atoms with E-state index in [9.17, 15) is 9.59 Å². The molecule has 2 amide bonds. The van der Waals surface area contributed by atoms with Crippen LogP contribution >= 0.6 is 11.3 Å². The standard InChI is InChI=1S/C19H19N5O3S/c25-18(24-22-11-16-7-4-8-28-16)17(9-15-10-20-13-21-15)23-19(26)27-12-14-5-2-1-3-6-14/h1-8,10-11,13,17H,9,12H2,(H,20,21)(H,23,26)(H,24,25)/b22-11-/t17-/m0/s1. The number of nitrogens with zero attached hydrogens (tertiary/aromatic N) is 2. The van der Waals surface area contributed by atoms with Crippen molar-refractivity contribution in [1.29, 1.82) is 0 Å². The monoisotopic (exact) mass is 397 g/mol. The Kier molecular flexibility index (Phi) is 6.91. The quantitative estimate of drug-likeness (QED) is 0.401. The van der Waals surface area contributed by atoms with Crippen molar-refractivity contribution in [2.45, 2.75) is 19.1 Å². The minimum atomic E-state index is -0.871. The Balaban J connectivity index is 1.57. The fourth-order valence-corrected chi connectivity index (χ4v) is 2.92. The number of ether oxygens (including phenoxy) is 1. The van der Waals surface area contributed by atoms with Gasteiger partial charge in [-0.1, -0.05) is 36.4 Å². The molecule has 3 rings (SSSR count). The highest BCUT2D eigenvalue weighted by atomic mass is 32.1. The van der Waals surface area contributed by atoms with Crippen molar-refractivity contribution in [1.82, 2.24) is 20.7 Å². The fourth-order valence-electron chi connectivity index (χ4n) is 2.33. The molecule has 3 N–H and O–H groups in total. The summed E-state index contributed by atoms with van der Waals surface area (Å²) in [4.78, 5) is 32.4. The van der Waals surface area contributed by atoms with Gasteiger partial charge in [0.05, 0.1) is 12.5 Å². The third-order valence-electron chi connectivity index (χ3n) is 3.71. The number of hydrogen-bond acceptors (Lipinski definition) is 6. The molecule has 0 saturated carbocycles. The zero-order chi connectivity index (χ0) is 19.6. The Morgan fingerprint density at radius 2 is 2.11 bits per heavy atom. The first-order valence-electron chi connectivity index (χ1n) is 8.51. The maximum atomic E-state index is 12.5. The van der Waals surface area contributed by atoms with Gasteiger partial charge in [0.15, 0.2) is 0 Å². The van der Waals surface area contributed by atoms with E-state index in [-0.39, 0.29) is 13.0 Å². The Morgan fingerprint density at radius 1 is 1.25 bits per heavy atom. The summed E-state index contributed by atoms with van der Waals surface area (Å²) in [6.45, 7) is 0.113. The summed E-state index contributed by atoms with van der Waals surface area (Å²) >= 11 is 1.50. The molecule has 0 radical (unpaired) electrons. The number of imidazole rings is 1. The van der Waals surface area contributed by atoms with E-state index < -0.39 is 18.0 Å². The van der Waals surface area contributed by atoms with E-state index >= 15 is 0 Å². The molecule has 3 aromatic rings. The van der Waals surface area contributed by atoms with Gasteiger partial charge in [0.2, 0.25) is 0 Å². The van der Waals surface area contributed by atoms with Crippen molar-refractivity contribution < 1.29 is 14.3 Å². The summed E-state index contributed by atoms with van der Waals surface area (Å²) < 4.78 is 5.20. The molecule has 0 aliphatic heterocycles. The van der Waals surface area contributed by atoms with Crippen LogP contribution in [0, 0.1) is 0 Å². The van der Waals surface area contributed by atoms with Crippen LogP contribution in [-0.2, 0) is 22.6 Å². The van der Waals surface area contributed by atoms with Crippen LogP contribution < -0.4 is 10.7 Å². The number of thiophene rings is 1. The van der Waals surface area contributed by atoms with Gasteiger partial charge < -0.3 is 15.0 Å². The molecule has 1 atom stereocenters. The molecule has 9 heteroatoms. The second-order valence-corrected chi connectivity index (χ2v) is 6.77. The summed E-state index contributed by atoms with van der Waals surface area (Å²) in [6, 6.07) is 12.2. The van der Waals surface area contributed by atoms with Crippen LogP contribution in [0.15, 0.2) is 65.5 Å². The minimum absolute atomic E-state index is 0.113. The van der Waals surface area contributed by atoms with Crippen LogP contribution in [0.4, 0.5) is 4.79 Å². The topological polar surface area (TPSA) is 108 Å². The van der Waals surface area contributed by atoms with Gasteiger partial charge in [0, 0.05) is 23.2 Å². The van der Waals surface area contributed by atoms with Crippen molar-refractivity contribution in [3.05, 3.63) is 76.5 Å². The molecule has 0 unspecified atom stereocenters. The van der Waals surface area contributed by atoms with Crippen molar-refractivity contribution in [3.8, 4) is 0 Å². The molecule has 0 aliphatic carbocycles. The Hall–Kier alpha value is -3.46. The predicted molar refractivity (Wildman–Crippen MR) is 106 cm³/mol. The number of alkyl carbamates (subject to hydrolysis) is 1. The third-order valence-corrected chi connectivity index (χ3v) is 4.52. The molecular formula is C19H19N5O3S. The number of benzene rings is 1. The number of nitrogens with one attached hydrogen (secondary N) is 3. The van der Waals surface area contributed by atoms with Crippen LogP contribution in [0.3, 0.4) is 0 Å². The molecule has 0 spiro atoms. The Morgan fingerprint density at radius 3 is 2.82 bits per heavy atom. The van der Waals surface area contributed by atoms with Crippen LogP contribution in [0.1, 0.15) is 16.1 Å². The lowest BCUT2D eigenvalue weighted by atomic mass is 10.1. The van der Waals surface area contributed by atoms with Crippen molar-refractivity contribution in [2.24, 2.45) is 5.10 Å². The fraction of sp³-hybridized carbons (Fsp3) is 0.158. The van der Waals surface area contributed by atoms with Gasteiger partial charge >= 0.3 is 6.09 Å². The van der Waals surface area contributed by atoms with Crippen molar-refractivity contribution in [3.63, 3.8) is 0 Å². The van der Waals surface area contributed by atoms with E-state index in [1.54, 1.807) is 12.4 Å². The summed E-state index contributed by atoms with van der Waals surface area (Å²) in [7, 11) is 0. The summed E-state index contributed by atoms with van der Waals surface area (Å²) in [5.41, 5.74) is 4.00. The number of aromatic amines is 1. The average Bonchev–Trinajstić information content (AvgIpc) is 3.41. The number of hydrazone groups is 1. The van der Waals surface area contributed by atoms with Gasteiger partial charge in [-0.05, 0) is 17.0 Å². The van der Waals surface area contributed by atoms with Crippen molar-refractivity contribution in [2.75, 3.05) is 0 Å². The average molecular weight is 397 g/mol. The summed E-state index contributed by atoms with van der Waals surface area (Å²) in [5, 5.41) is 8.42. The first-order chi connectivity index (χ1) is 13.7. The number of hydrogen-bond donors (Lipinski definition) is 3. The number of rotatable bonds is 8. The normalized spacial score (nSPS) is 11.9. The number of carbonyl (C=O) groups is 2. The Labute approximate surface area is 165 Å².